The van der Waals surface area contributed by atoms with Gasteiger partial charge in [0, 0.05) is 42.6 Å². The molecule has 9 heteroatoms. The third-order valence-corrected chi connectivity index (χ3v) is 11.8. The molecule has 0 saturated heterocycles. The molecular weight excluding hydrogens is 642 g/mol. The van der Waals surface area contributed by atoms with Crippen LogP contribution in [0.15, 0.2) is 73.2 Å². The summed E-state index contributed by atoms with van der Waals surface area (Å²) < 4.78 is 0. The van der Waals surface area contributed by atoms with Gasteiger partial charge in [-0.25, -0.2) is 4.98 Å². The Morgan fingerprint density at radius 1 is 0.784 bits per heavy atom. The fourth-order valence-corrected chi connectivity index (χ4v) is 9.25. The Hall–Kier alpha value is -4.99. The summed E-state index contributed by atoms with van der Waals surface area (Å²) in [5.41, 5.74) is 5.12. The predicted octanol–water partition coefficient (Wildman–Crippen LogP) is 7.43. The van der Waals surface area contributed by atoms with Gasteiger partial charge in [-0.05, 0) is 95.7 Å². The minimum Gasteiger partial charge on any atom is -0.507 e. The first kappa shape index (κ1) is 34.5. The van der Waals surface area contributed by atoms with E-state index >= 15 is 0 Å². The summed E-state index contributed by atoms with van der Waals surface area (Å²) >= 11 is 0. The van der Waals surface area contributed by atoms with Crippen molar-refractivity contribution in [2.45, 2.75) is 69.7 Å². The molecule has 2 saturated carbocycles. The van der Waals surface area contributed by atoms with Gasteiger partial charge in [-0.1, -0.05) is 73.9 Å². The maximum absolute atomic E-state index is 11.2. The van der Waals surface area contributed by atoms with Gasteiger partial charge >= 0.3 is 0 Å². The largest absolute Gasteiger partial charge is 0.507 e. The minimum atomic E-state index is -0.368. The molecule has 2 fully saturated rings. The van der Waals surface area contributed by atoms with E-state index in [9.17, 15) is 30.6 Å². The number of H-pyrrole nitrogens is 1. The third-order valence-electron chi connectivity index (χ3n) is 11.8. The van der Waals surface area contributed by atoms with Gasteiger partial charge in [0.05, 0.1) is 11.7 Å². The van der Waals surface area contributed by atoms with Crippen molar-refractivity contribution in [3.05, 3.63) is 107 Å². The molecule has 9 nitrogen and oxygen atoms in total. The highest BCUT2D eigenvalue weighted by molar-refractivity contribution is 6.03. The van der Waals surface area contributed by atoms with Gasteiger partial charge in [0.15, 0.2) is 23.0 Å². The number of benzene rings is 4. The zero-order valence-corrected chi connectivity index (χ0v) is 28.8. The molecule has 5 aromatic rings. The Balaban J connectivity index is 1.08. The van der Waals surface area contributed by atoms with E-state index in [0.717, 1.165) is 36.2 Å². The highest BCUT2D eigenvalue weighted by Crippen LogP contribution is 2.59. The molecule has 4 aromatic carbocycles. The van der Waals surface area contributed by atoms with Crippen LogP contribution in [-0.2, 0) is 24.8 Å². The summed E-state index contributed by atoms with van der Waals surface area (Å²) in [7, 11) is 0. The number of hydrogen-bond acceptors (Lipinski definition) is 8. The highest BCUT2D eigenvalue weighted by Gasteiger charge is 2.55. The molecule has 0 radical (unpaired) electrons. The Bertz CT molecular complexity index is 2020. The van der Waals surface area contributed by atoms with E-state index in [1.165, 1.54) is 50.3 Å². The van der Waals surface area contributed by atoms with Crippen LogP contribution in [0.5, 0.6) is 28.7 Å². The SMILES string of the molecule is OCC1C2(CCCC2)CCCC1(CNCc1ccc(CCc2c(O)c(O)c3c(O)cccc3c2C=Cc2ccc(O)c(O)c2)cc1)c1cnc[nH]1. The van der Waals surface area contributed by atoms with Crippen molar-refractivity contribution in [3.63, 3.8) is 0 Å². The lowest BCUT2D eigenvalue weighted by atomic mass is 9.53. The van der Waals surface area contributed by atoms with Gasteiger partial charge in [0.25, 0.3) is 0 Å². The first-order chi connectivity index (χ1) is 24.7. The summed E-state index contributed by atoms with van der Waals surface area (Å²) in [5, 5.41) is 67.7. The van der Waals surface area contributed by atoms with Crippen molar-refractivity contribution in [3.8, 4) is 28.7 Å². The second-order valence-corrected chi connectivity index (χ2v) is 14.6. The number of hydrogen-bond donors (Lipinski definition) is 8. The Morgan fingerprint density at radius 2 is 1.55 bits per heavy atom. The predicted molar refractivity (Wildman–Crippen MR) is 199 cm³/mol. The molecule has 1 heterocycles. The molecule has 0 bridgehead atoms. The normalized spacial score (nSPS) is 20.1. The molecule has 2 aliphatic carbocycles. The lowest BCUT2D eigenvalue weighted by molar-refractivity contribution is -0.0196. The third kappa shape index (κ3) is 6.52. The zero-order valence-electron chi connectivity index (χ0n) is 28.8. The van der Waals surface area contributed by atoms with Crippen LogP contribution < -0.4 is 5.32 Å². The van der Waals surface area contributed by atoms with Gasteiger partial charge in [-0.2, -0.15) is 0 Å². The molecule has 51 heavy (non-hydrogen) atoms. The van der Waals surface area contributed by atoms with Gasteiger partial charge in [0.2, 0.25) is 0 Å². The number of aliphatic hydroxyl groups is 1. The number of phenolic OH excluding ortho intramolecular Hbond substituents is 5. The molecule has 0 amide bonds. The standard InChI is InChI=1S/C42H47N3O6/c46-24-36-41(17-1-2-18-41)19-4-20-42(36,37-23-44-26-45-37)25-43-22-29-9-7-27(8-10-29)11-15-32-30(14-12-28-13-16-33(47)35(49)21-28)31-5-3-6-34(48)38(31)40(51)39(32)50/h3,5-10,12-14,16,21,23,26,36,43,46-51H,1-2,4,11,15,17-20,22,24-25H2,(H,44,45). The number of rotatable bonds is 11. The number of aromatic amines is 1. The van der Waals surface area contributed by atoms with Crippen LogP contribution in [0.25, 0.3) is 22.9 Å². The van der Waals surface area contributed by atoms with Crippen molar-refractivity contribution < 1.29 is 30.6 Å². The molecule has 2 atom stereocenters. The number of aliphatic hydroxyl groups excluding tert-OH is 1. The zero-order chi connectivity index (χ0) is 35.6. The van der Waals surface area contributed by atoms with Gasteiger partial charge in [-0.15, -0.1) is 0 Å². The summed E-state index contributed by atoms with van der Waals surface area (Å²) in [6.07, 6.45) is 16.5. The Labute approximate surface area is 298 Å². The molecule has 2 aliphatic rings. The van der Waals surface area contributed by atoms with Crippen LogP contribution in [0.3, 0.4) is 0 Å². The fraction of sp³-hybridized carbons (Fsp3) is 0.357. The Morgan fingerprint density at radius 3 is 2.27 bits per heavy atom. The molecule has 0 aliphatic heterocycles. The summed E-state index contributed by atoms with van der Waals surface area (Å²) in [6, 6.07) is 17.8. The average Bonchev–Trinajstić information content (AvgIpc) is 3.85. The van der Waals surface area contributed by atoms with Crippen molar-refractivity contribution in [2.75, 3.05) is 13.2 Å². The lowest BCUT2D eigenvalue weighted by Gasteiger charge is -2.53. The first-order valence-corrected chi connectivity index (χ1v) is 18.0. The topological polar surface area (TPSA) is 162 Å². The van der Waals surface area contributed by atoms with E-state index in [-0.39, 0.29) is 57.5 Å². The van der Waals surface area contributed by atoms with E-state index in [1.54, 1.807) is 36.7 Å². The number of nitrogens with zero attached hydrogens (tertiary/aromatic N) is 1. The average molecular weight is 690 g/mol. The number of fused-ring (bicyclic) bond motifs is 1. The molecule has 1 aromatic heterocycles. The van der Waals surface area contributed by atoms with E-state index < -0.39 is 0 Å². The van der Waals surface area contributed by atoms with Gasteiger partial charge in [0.1, 0.15) is 5.75 Å². The quantitative estimate of drug-likeness (QED) is 0.0525. The van der Waals surface area contributed by atoms with Crippen LogP contribution in [0.2, 0.25) is 0 Å². The molecule has 7 rings (SSSR count). The molecule has 8 N–H and O–H groups in total. The van der Waals surface area contributed by atoms with Crippen LogP contribution in [0.4, 0.5) is 0 Å². The number of nitrogens with one attached hydrogen (secondary N) is 2. The van der Waals surface area contributed by atoms with E-state index in [4.69, 9.17) is 0 Å². The van der Waals surface area contributed by atoms with Crippen molar-refractivity contribution in [1.82, 2.24) is 15.3 Å². The van der Waals surface area contributed by atoms with E-state index in [0.29, 0.717) is 41.5 Å². The fourth-order valence-electron chi connectivity index (χ4n) is 9.25. The summed E-state index contributed by atoms with van der Waals surface area (Å²) in [6.45, 7) is 1.62. The number of imidazole rings is 1. The van der Waals surface area contributed by atoms with E-state index in [2.05, 4.69) is 39.6 Å². The smallest absolute Gasteiger partial charge is 0.169 e. The second-order valence-electron chi connectivity index (χ2n) is 14.6. The van der Waals surface area contributed by atoms with Gasteiger partial charge < -0.3 is 40.9 Å². The van der Waals surface area contributed by atoms with Crippen LogP contribution in [-0.4, -0.2) is 53.8 Å². The summed E-state index contributed by atoms with van der Waals surface area (Å²) in [5.74, 6) is -1.08. The van der Waals surface area contributed by atoms with Crippen molar-refractivity contribution in [2.24, 2.45) is 11.3 Å². The second kappa shape index (κ2) is 14.3. The maximum Gasteiger partial charge on any atom is 0.169 e. The minimum absolute atomic E-state index is 0.142. The number of aryl methyl sites for hydroxylation is 1. The Kier molecular flexibility index (Phi) is 9.68. The number of aromatic nitrogens is 2. The highest BCUT2D eigenvalue weighted by atomic mass is 16.3. The number of phenols is 5. The molecule has 2 unspecified atom stereocenters. The lowest BCUT2D eigenvalue weighted by Crippen LogP contribution is -2.55. The van der Waals surface area contributed by atoms with Crippen LogP contribution in [0.1, 0.15) is 78.5 Å². The van der Waals surface area contributed by atoms with Crippen molar-refractivity contribution >= 4 is 22.9 Å². The first-order valence-electron chi connectivity index (χ1n) is 18.0. The number of aromatic hydroxyl groups is 5. The molecule has 1 spiro atoms. The van der Waals surface area contributed by atoms with Crippen LogP contribution in [0, 0.1) is 11.3 Å². The van der Waals surface area contributed by atoms with Crippen molar-refractivity contribution in [1.29, 1.82) is 0 Å². The van der Waals surface area contributed by atoms with Crippen LogP contribution >= 0.6 is 0 Å². The maximum atomic E-state index is 11.2. The van der Waals surface area contributed by atoms with E-state index in [1.807, 2.05) is 6.20 Å². The summed E-state index contributed by atoms with van der Waals surface area (Å²) in [4.78, 5) is 7.79. The molecular formula is C42H47N3O6. The van der Waals surface area contributed by atoms with Gasteiger partial charge in [-0.3, -0.25) is 0 Å². The monoisotopic (exact) mass is 689 g/mol. The molecule has 266 valence electrons.